The quantitative estimate of drug-likeness (QED) is 0.196. The van der Waals surface area contributed by atoms with Crippen molar-refractivity contribution in [2.24, 2.45) is 11.8 Å². The van der Waals surface area contributed by atoms with Gasteiger partial charge in [0, 0.05) is 18.1 Å². The first kappa shape index (κ1) is 30.9. The van der Waals surface area contributed by atoms with Gasteiger partial charge in [0.15, 0.2) is 29.3 Å². The lowest BCUT2D eigenvalue weighted by Gasteiger charge is -2.43. The standard InChI is InChI=1S/C28H38O13/c1-36-16-7-13(8-17(37-2)22(16)31)20-15(11-40-28-26(35)25(34)23(32)19(10-30)41-28)14(9-29)5-12-6-18(38-3)24(33)27(39-4)21(12)20/h6-8,14-15,19-20,23,25-26,28-35H,5,9-11H2,1-4H3/t14-,15+,19+,20-,23-,25-,26-,28+/m1/s1. The van der Waals surface area contributed by atoms with Gasteiger partial charge in [-0.3, -0.25) is 0 Å². The number of hydrogen-bond acceptors (Lipinski definition) is 13. The number of fused-ring (bicyclic) bond motifs is 1. The zero-order valence-corrected chi connectivity index (χ0v) is 23.3. The fraction of sp³-hybridized carbons (Fsp3) is 0.571. The second-order valence-corrected chi connectivity index (χ2v) is 10.1. The number of phenols is 2. The number of aliphatic hydroxyl groups is 5. The van der Waals surface area contributed by atoms with Gasteiger partial charge in [0.25, 0.3) is 0 Å². The summed E-state index contributed by atoms with van der Waals surface area (Å²) < 4.78 is 33.3. The van der Waals surface area contributed by atoms with Crippen LogP contribution >= 0.6 is 0 Å². The summed E-state index contributed by atoms with van der Waals surface area (Å²) in [4.78, 5) is 0. The third-order valence-electron chi connectivity index (χ3n) is 7.99. The Kier molecular flexibility index (Phi) is 9.70. The van der Waals surface area contributed by atoms with Crippen molar-refractivity contribution < 1.29 is 64.2 Å². The van der Waals surface area contributed by atoms with Crippen LogP contribution in [0.25, 0.3) is 0 Å². The number of phenolic OH excluding ortho intramolecular Hbond substituents is 2. The molecule has 0 radical (unpaired) electrons. The molecular formula is C28H38O13. The SMILES string of the molecule is COc1cc([C@H]2c3c(cc(OC)c(O)c3OC)C[C@H](CO)[C@@H]2CO[C@H]2O[C@@H](CO)[C@@H](O)[C@@H](O)[C@H]2O)cc(OC)c1O. The molecule has 1 heterocycles. The largest absolute Gasteiger partial charge is 0.502 e. The topological polar surface area (TPSA) is 197 Å². The zero-order chi connectivity index (χ0) is 30.0. The van der Waals surface area contributed by atoms with Crippen molar-refractivity contribution in [1.29, 1.82) is 0 Å². The van der Waals surface area contributed by atoms with E-state index >= 15 is 0 Å². The molecule has 1 saturated heterocycles. The maximum Gasteiger partial charge on any atom is 0.201 e. The van der Waals surface area contributed by atoms with Crippen LogP contribution in [-0.2, 0) is 15.9 Å². The molecule has 13 nitrogen and oxygen atoms in total. The molecule has 41 heavy (non-hydrogen) atoms. The van der Waals surface area contributed by atoms with Gasteiger partial charge in [-0.25, -0.2) is 0 Å². The van der Waals surface area contributed by atoms with Gasteiger partial charge in [-0.15, -0.1) is 0 Å². The van der Waals surface area contributed by atoms with E-state index in [-0.39, 0.29) is 47.7 Å². The number of benzene rings is 2. The summed E-state index contributed by atoms with van der Waals surface area (Å²) in [5.41, 5.74) is 1.88. The number of ether oxygens (including phenoxy) is 6. The lowest BCUT2D eigenvalue weighted by molar-refractivity contribution is -0.304. The van der Waals surface area contributed by atoms with E-state index in [9.17, 15) is 35.7 Å². The molecule has 1 fully saturated rings. The summed E-state index contributed by atoms with van der Waals surface area (Å²) in [5.74, 6) is -1.51. The van der Waals surface area contributed by atoms with E-state index in [1.54, 1.807) is 18.2 Å². The van der Waals surface area contributed by atoms with Crippen LogP contribution in [0.5, 0.6) is 34.5 Å². The summed E-state index contributed by atoms with van der Waals surface area (Å²) in [7, 11) is 5.60. The Hall–Kier alpha value is -3.04. The molecule has 1 aliphatic carbocycles. The van der Waals surface area contributed by atoms with Crippen molar-refractivity contribution in [2.75, 3.05) is 48.3 Å². The molecule has 2 aliphatic rings. The highest BCUT2D eigenvalue weighted by atomic mass is 16.7. The first-order valence-corrected chi connectivity index (χ1v) is 13.1. The molecule has 0 saturated carbocycles. The Morgan fingerprint density at radius 1 is 0.780 bits per heavy atom. The van der Waals surface area contributed by atoms with E-state index in [1.807, 2.05) is 0 Å². The summed E-state index contributed by atoms with van der Waals surface area (Å²) in [6, 6.07) is 4.88. The molecule has 0 amide bonds. The van der Waals surface area contributed by atoms with E-state index in [2.05, 4.69) is 0 Å². The predicted octanol–water partition coefficient (Wildman–Crippen LogP) is -0.139. The molecule has 2 aromatic rings. The van der Waals surface area contributed by atoms with Gasteiger partial charge in [-0.2, -0.15) is 0 Å². The summed E-state index contributed by atoms with van der Waals surface area (Å²) in [5, 5.41) is 72.6. The van der Waals surface area contributed by atoms with Gasteiger partial charge in [0.05, 0.1) is 41.7 Å². The van der Waals surface area contributed by atoms with Gasteiger partial charge in [0.2, 0.25) is 11.5 Å². The molecule has 1 aliphatic heterocycles. The summed E-state index contributed by atoms with van der Waals surface area (Å²) in [6.07, 6.45) is -7.02. The highest BCUT2D eigenvalue weighted by Crippen LogP contribution is 2.54. The van der Waals surface area contributed by atoms with Crippen LogP contribution in [0.15, 0.2) is 18.2 Å². The molecule has 7 N–H and O–H groups in total. The lowest BCUT2D eigenvalue weighted by atomic mass is 9.66. The Labute approximate surface area is 237 Å². The van der Waals surface area contributed by atoms with Gasteiger partial charge >= 0.3 is 0 Å². The van der Waals surface area contributed by atoms with E-state index in [0.29, 0.717) is 17.5 Å². The number of hydrogen-bond donors (Lipinski definition) is 7. The molecule has 8 atom stereocenters. The highest BCUT2D eigenvalue weighted by Gasteiger charge is 2.46. The van der Waals surface area contributed by atoms with Crippen molar-refractivity contribution in [3.8, 4) is 34.5 Å². The van der Waals surface area contributed by atoms with Gasteiger partial charge in [-0.05, 0) is 47.6 Å². The van der Waals surface area contributed by atoms with Crippen LogP contribution < -0.4 is 18.9 Å². The minimum absolute atomic E-state index is 0.123. The van der Waals surface area contributed by atoms with E-state index in [1.165, 1.54) is 28.4 Å². The molecular weight excluding hydrogens is 544 g/mol. The maximum atomic E-state index is 11.0. The molecule has 0 spiro atoms. The van der Waals surface area contributed by atoms with E-state index in [4.69, 9.17) is 28.4 Å². The van der Waals surface area contributed by atoms with Crippen LogP contribution in [0.4, 0.5) is 0 Å². The van der Waals surface area contributed by atoms with Crippen molar-refractivity contribution >= 4 is 0 Å². The van der Waals surface area contributed by atoms with Crippen LogP contribution in [0.1, 0.15) is 22.6 Å². The molecule has 0 unspecified atom stereocenters. The summed E-state index contributed by atoms with van der Waals surface area (Å²) >= 11 is 0. The Morgan fingerprint density at radius 2 is 1.39 bits per heavy atom. The molecule has 0 bridgehead atoms. The minimum atomic E-state index is -1.63. The highest BCUT2D eigenvalue weighted by molar-refractivity contribution is 5.64. The van der Waals surface area contributed by atoms with Crippen molar-refractivity contribution in [3.63, 3.8) is 0 Å². The van der Waals surface area contributed by atoms with Crippen LogP contribution in [0, 0.1) is 11.8 Å². The second kappa shape index (κ2) is 12.9. The number of rotatable bonds is 10. The first-order valence-electron chi connectivity index (χ1n) is 13.1. The fourth-order valence-electron chi connectivity index (χ4n) is 5.83. The average Bonchev–Trinajstić information content (AvgIpc) is 2.98. The molecule has 0 aromatic heterocycles. The van der Waals surface area contributed by atoms with E-state index < -0.39 is 55.1 Å². The van der Waals surface area contributed by atoms with E-state index in [0.717, 1.165) is 5.56 Å². The maximum absolute atomic E-state index is 11.0. The van der Waals surface area contributed by atoms with Crippen molar-refractivity contribution in [2.45, 2.75) is 43.0 Å². The normalized spacial score (nSPS) is 29.5. The molecule has 228 valence electrons. The Morgan fingerprint density at radius 3 is 1.93 bits per heavy atom. The van der Waals surface area contributed by atoms with Gasteiger partial charge in [0.1, 0.15) is 24.4 Å². The fourth-order valence-corrected chi connectivity index (χ4v) is 5.83. The van der Waals surface area contributed by atoms with Crippen molar-refractivity contribution in [1.82, 2.24) is 0 Å². The zero-order valence-electron chi connectivity index (χ0n) is 23.3. The molecule has 4 rings (SSSR count). The predicted molar refractivity (Wildman–Crippen MR) is 142 cm³/mol. The van der Waals surface area contributed by atoms with Crippen LogP contribution in [0.2, 0.25) is 0 Å². The van der Waals surface area contributed by atoms with Crippen LogP contribution in [-0.4, -0.2) is 115 Å². The number of aliphatic hydroxyl groups excluding tert-OH is 5. The third-order valence-corrected chi connectivity index (χ3v) is 7.99. The number of methoxy groups -OCH3 is 4. The second-order valence-electron chi connectivity index (χ2n) is 10.1. The van der Waals surface area contributed by atoms with Gasteiger partial charge < -0.3 is 64.2 Å². The van der Waals surface area contributed by atoms with Crippen molar-refractivity contribution in [3.05, 3.63) is 34.9 Å². The monoisotopic (exact) mass is 582 g/mol. The lowest BCUT2D eigenvalue weighted by Crippen LogP contribution is -2.59. The van der Waals surface area contributed by atoms with Gasteiger partial charge in [-0.1, -0.05) is 0 Å². The summed E-state index contributed by atoms with van der Waals surface area (Å²) in [6.45, 7) is -1.02. The number of aromatic hydroxyl groups is 2. The Balaban J connectivity index is 1.85. The molecule has 2 aromatic carbocycles. The minimum Gasteiger partial charge on any atom is -0.502 e. The third kappa shape index (κ3) is 5.58. The molecule has 13 heteroatoms. The average molecular weight is 583 g/mol. The smallest absolute Gasteiger partial charge is 0.201 e. The Bertz CT molecular complexity index is 1180. The first-order chi connectivity index (χ1) is 19.6. The van der Waals surface area contributed by atoms with Crippen LogP contribution in [0.3, 0.4) is 0 Å².